The molecule has 0 radical (unpaired) electrons. The predicted octanol–water partition coefficient (Wildman–Crippen LogP) is 4.42. The first-order chi connectivity index (χ1) is 13.5. The number of nitrogens with zero attached hydrogens (tertiary/aromatic N) is 2. The third-order valence-corrected chi connectivity index (χ3v) is 4.44. The fraction of sp³-hybridized carbons (Fsp3) is 0.0476. The maximum atomic E-state index is 12.5. The molecule has 3 rings (SSSR count). The number of carbonyl (C=O) groups excluding carboxylic acids is 2. The molecule has 2 aromatic carbocycles. The smallest absolute Gasteiger partial charge is 0.257 e. The van der Waals surface area contributed by atoms with E-state index in [0.717, 1.165) is 5.56 Å². The molecule has 0 atom stereocenters. The first kappa shape index (κ1) is 19.1. The van der Waals surface area contributed by atoms with E-state index in [0.29, 0.717) is 22.0 Å². The molecule has 0 unspecified atom stereocenters. The Morgan fingerprint density at radius 3 is 2.39 bits per heavy atom. The number of halogens is 1. The van der Waals surface area contributed by atoms with Crippen LogP contribution in [-0.2, 0) is 0 Å². The Morgan fingerprint density at radius 1 is 1.00 bits per heavy atom. The van der Waals surface area contributed by atoms with Crippen molar-refractivity contribution < 1.29 is 9.59 Å². The first-order valence-electron chi connectivity index (χ1n) is 8.31. The van der Waals surface area contributed by atoms with E-state index in [1.807, 2.05) is 6.07 Å². The summed E-state index contributed by atoms with van der Waals surface area (Å²) in [6.07, 6.45) is 2.74. The van der Waals surface area contributed by atoms with Crippen LogP contribution in [0, 0.1) is 18.3 Å². The Labute approximate surface area is 166 Å². The summed E-state index contributed by atoms with van der Waals surface area (Å²) in [4.78, 5) is 29.0. The van der Waals surface area contributed by atoms with Crippen molar-refractivity contribution >= 4 is 34.8 Å². The second-order valence-corrected chi connectivity index (χ2v) is 6.38. The van der Waals surface area contributed by atoms with Crippen LogP contribution in [0.2, 0.25) is 5.02 Å². The van der Waals surface area contributed by atoms with Crippen LogP contribution in [0.25, 0.3) is 0 Å². The molecule has 28 heavy (non-hydrogen) atoms. The number of nitrogens with one attached hydrogen (secondary N) is 2. The van der Waals surface area contributed by atoms with Crippen LogP contribution in [-0.4, -0.2) is 16.8 Å². The highest BCUT2D eigenvalue weighted by Gasteiger charge is 2.13. The van der Waals surface area contributed by atoms with Crippen LogP contribution < -0.4 is 10.6 Å². The van der Waals surface area contributed by atoms with Gasteiger partial charge in [0.25, 0.3) is 11.8 Å². The van der Waals surface area contributed by atoms with Crippen molar-refractivity contribution in [2.24, 2.45) is 0 Å². The van der Waals surface area contributed by atoms with Crippen LogP contribution in [0.4, 0.5) is 11.4 Å². The Bertz CT molecular complexity index is 1110. The molecule has 7 heteroatoms. The second-order valence-electron chi connectivity index (χ2n) is 5.98. The second kappa shape index (κ2) is 8.33. The fourth-order valence-corrected chi connectivity index (χ4v) is 2.67. The topological polar surface area (TPSA) is 94.9 Å². The van der Waals surface area contributed by atoms with Gasteiger partial charge in [0.05, 0.1) is 22.8 Å². The molecule has 0 fully saturated rings. The van der Waals surface area contributed by atoms with Crippen LogP contribution in [0.5, 0.6) is 0 Å². The molecule has 0 aliphatic rings. The van der Waals surface area contributed by atoms with E-state index in [1.54, 1.807) is 49.4 Å². The molecule has 2 amide bonds. The van der Waals surface area contributed by atoms with Crippen LogP contribution in [0.1, 0.15) is 31.8 Å². The van der Waals surface area contributed by atoms with Gasteiger partial charge in [0.2, 0.25) is 0 Å². The van der Waals surface area contributed by atoms with Crippen molar-refractivity contribution in [3.63, 3.8) is 0 Å². The first-order valence-corrected chi connectivity index (χ1v) is 8.69. The molecule has 138 valence electrons. The quantitative estimate of drug-likeness (QED) is 0.689. The zero-order valence-corrected chi connectivity index (χ0v) is 15.6. The number of rotatable bonds is 4. The standard InChI is InChI=1S/C21H15ClN4O2/c1-13-18(22)6-3-7-19(13)26-21(28)16-9-15(11-24-12-16)20(27)25-17-5-2-4-14(8-17)10-23/h2-9,11-12H,1H3,(H,25,27)(H,26,28). The number of anilines is 2. The Morgan fingerprint density at radius 2 is 1.68 bits per heavy atom. The van der Waals surface area contributed by atoms with Crippen LogP contribution in [0.3, 0.4) is 0 Å². The molecule has 1 aromatic heterocycles. The van der Waals surface area contributed by atoms with E-state index in [4.69, 9.17) is 16.9 Å². The van der Waals surface area contributed by atoms with Crippen molar-refractivity contribution in [2.45, 2.75) is 6.92 Å². The largest absolute Gasteiger partial charge is 0.322 e. The lowest BCUT2D eigenvalue weighted by Crippen LogP contribution is -2.16. The molecular formula is C21H15ClN4O2. The highest BCUT2D eigenvalue weighted by Crippen LogP contribution is 2.23. The Kier molecular flexibility index (Phi) is 5.68. The normalized spacial score (nSPS) is 10.0. The fourth-order valence-electron chi connectivity index (χ4n) is 2.50. The summed E-state index contributed by atoms with van der Waals surface area (Å²) in [7, 11) is 0. The number of hydrogen-bond acceptors (Lipinski definition) is 4. The van der Waals surface area contributed by atoms with Gasteiger partial charge in [0, 0.05) is 28.8 Å². The third kappa shape index (κ3) is 4.34. The Hall–Kier alpha value is -3.69. The zero-order valence-electron chi connectivity index (χ0n) is 14.9. The summed E-state index contributed by atoms with van der Waals surface area (Å²) >= 11 is 6.07. The zero-order chi connectivity index (χ0) is 20.1. The minimum atomic E-state index is -0.434. The lowest BCUT2D eigenvalue weighted by molar-refractivity contribution is 0.102. The maximum Gasteiger partial charge on any atom is 0.257 e. The summed E-state index contributed by atoms with van der Waals surface area (Å²) in [5, 5.41) is 14.9. The van der Waals surface area contributed by atoms with E-state index in [2.05, 4.69) is 15.6 Å². The summed E-state index contributed by atoms with van der Waals surface area (Å²) in [6, 6.07) is 15.2. The molecule has 0 bridgehead atoms. The van der Waals surface area contributed by atoms with Crippen molar-refractivity contribution in [2.75, 3.05) is 10.6 Å². The summed E-state index contributed by atoms with van der Waals surface area (Å²) in [6.45, 7) is 1.80. The summed E-state index contributed by atoms with van der Waals surface area (Å²) < 4.78 is 0. The van der Waals surface area contributed by atoms with Gasteiger partial charge >= 0.3 is 0 Å². The van der Waals surface area contributed by atoms with Crippen LogP contribution in [0.15, 0.2) is 60.9 Å². The highest BCUT2D eigenvalue weighted by atomic mass is 35.5. The molecule has 2 N–H and O–H groups in total. The number of pyridine rings is 1. The van der Waals surface area contributed by atoms with Crippen molar-refractivity contribution in [3.05, 3.63) is 88.2 Å². The van der Waals surface area contributed by atoms with E-state index in [-0.39, 0.29) is 11.1 Å². The number of carbonyl (C=O) groups is 2. The summed E-state index contributed by atoms with van der Waals surface area (Å²) in [5.41, 5.74) is 2.70. The molecule has 0 saturated heterocycles. The number of nitriles is 1. The molecular weight excluding hydrogens is 376 g/mol. The minimum absolute atomic E-state index is 0.220. The van der Waals surface area contributed by atoms with Crippen LogP contribution >= 0.6 is 11.6 Å². The van der Waals surface area contributed by atoms with E-state index >= 15 is 0 Å². The molecule has 1 heterocycles. The number of hydrogen-bond donors (Lipinski definition) is 2. The van der Waals surface area contributed by atoms with Crippen molar-refractivity contribution in [3.8, 4) is 6.07 Å². The molecule has 3 aromatic rings. The van der Waals surface area contributed by atoms with Crippen molar-refractivity contribution in [1.82, 2.24) is 4.98 Å². The van der Waals surface area contributed by atoms with Gasteiger partial charge in [-0.1, -0.05) is 23.7 Å². The average Bonchev–Trinajstić information content (AvgIpc) is 2.71. The molecule has 0 spiro atoms. The number of amides is 2. The van der Waals surface area contributed by atoms with Crippen molar-refractivity contribution in [1.29, 1.82) is 5.26 Å². The van der Waals surface area contributed by atoms with Gasteiger partial charge in [0.15, 0.2) is 0 Å². The SMILES string of the molecule is Cc1c(Cl)cccc1NC(=O)c1cncc(C(=O)Nc2cccc(C#N)c2)c1. The van der Waals surface area contributed by atoms with Gasteiger partial charge in [-0.2, -0.15) is 5.26 Å². The average molecular weight is 391 g/mol. The van der Waals surface area contributed by atoms with Gasteiger partial charge in [-0.3, -0.25) is 14.6 Å². The molecule has 0 saturated carbocycles. The third-order valence-electron chi connectivity index (χ3n) is 4.03. The van der Waals surface area contributed by atoms with E-state index in [1.165, 1.54) is 18.5 Å². The lowest BCUT2D eigenvalue weighted by atomic mass is 10.1. The van der Waals surface area contributed by atoms with Gasteiger partial charge in [-0.15, -0.1) is 0 Å². The lowest BCUT2D eigenvalue weighted by Gasteiger charge is -2.10. The minimum Gasteiger partial charge on any atom is -0.322 e. The van der Waals surface area contributed by atoms with E-state index in [9.17, 15) is 9.59 Å². The maximum absolute atomic E-state index is 12.5. The molecule has 0 aliphatic carbocycles. The monoisotopic (exact) mass is 390 g/mol. The van der Waals surface area contributed by atoms with Gasteiger partial charge in [-0.25, -0.2) is 0 Å². The van der Waals surface area contributed by atoms with Gasteiger partial charge < -0.3 is 10.6 Å². The summed E-state index contributed by atoms with van der Waals surface area (Å²) in [5.74, 6) is -0.838. The van der Waals surface area contributed by atoms with Gasteiger partial charge in [0.1, 0.15) is 0 Å². The number of aromatic nitrogens is 1. The highest BCUT2D eigenvalue weighted by molar-refractivity contribution is 6.31. The Balaban J connectivity index is 1.77. The number of benzene rings is 2. The molecule has 0 aliphatic heterocycles. The van der Waals surface area contributed by atoms with Gasteiger partial charge in [-0.05, 0) is 48.9 Å². The van der Waals surface area contributed by atoms with E-state index < -0.39 is 11.8 Å². The molecule has 6 nitrogen and oxygen atoms in total. The predicted molar refractivity (Wildman–Crippen MR) is 107 cm³/mol.